The predicted octanol–water partition coefficient (Wildman–Crippen LogP) is -0.681. The number of nitrogens with one attached hydrogen (secondary N) is 2. The zero-order chi connectivity index (χ0) is 14.3. The van der Waals surface area contributed by atoms with Crippen LogP contribution in [0.5, 0.6) is 0 Å². The lowest BCUT2D eigenvalue weighted by atomic mass is 9.93. The van der Waals surface area contributed by atoms with Gasteiger partial charge in [0.1, 0.15) is 0 Å². The van der Waals surface area contributed by atoms with Crippen LogP contribution in [0.2, 0.25) is 0 Å². The SMILES string of the molecule is CN(C)CC(C)(C)CNC(=O)NC[C@H](O)C(=O)O. The molecule has 0 saturated heterocycles. The summed E-state index contributed by atoms with van der Waals surface area (Å²) in [4.78, 5) is 23.7. The van der Waals surface area contributed by atoms with Gasteiger partial charge in [-0.05, 0) is 19.5 Å². The molecule has 0 spiro atoms. The molecule has 7 heteroatoms. The number of amides is 2. The van der Waals surface area contributed by atoms with E-state index in [-0.39, 0.29) is 12.0 Å². The molecule has 0 radical (unpaired) electrons. The molecule has 0 aromatic heterocycles. The van der Waals surface area contributed by atoms with Crippen molar-refractivity contribution >= 4 is 12.0 Å². The third-order valence-corrected chi connectivity index (χ3v) is 2.21. The number of aliphatic hydroxyl groups excluding tert-OH is 1. The number of rotatable bonds is 7. The first-order valence-corrected chi connectivity index (χ1v) is 5.71. The Balaban J connectivity index is 3.93. The summed E-state index contributed by atoms with van der Waals surface area (Å²) in [6.07, 6.45) is -1.58. The Labute approximate surface area is 107 Å². The zero-order valence-corrected chi connectivity index (χ0v) is 11.4. The van der Waals surface area contributed by atoms with E-state index in [1.54, 1.807) is 0 Å². The fourth-order valence-electron chi connectivity index (χ4n) is 1.57. The standard InChI is InChI=1S/C11H23N3O4/c1-11(2,7-14(3)4)6-13-10(18)12-5-8(15)9(16)17/h8,15H,5-7H2,1-4H3,(H,16,17)(H2,12,13,18)/t8-/m0/s1. The minimum atomic E-state index is -1.58. The van der Waals surface area contributed by atoms with E-state index >= 15 is 0 Å². The van der Waals surface area contributed by atoms with Gasteiger partial charge in [0.05, 0.1) is 6.54 Å². The molecule has 0 aliphatic heterocycles. The van der Waals surface area contributed by atoms with Crippen LogP contribution in [0.1, 0.15) is 13.8 Å². The minimum Gasteiger partial charge on any atom is -0.479 e. The van der Waals surface area contributed by atoms with Crippen LogP contribution < -0.4 is 10.6 Å². The number of carboxylic acids is 1. The number of nitrogens with zero attached hydrogens (tertiary/aromatic N) is 1. The van der Waals surface area contributed by atoms with Crippen molar-refractivity contribution in [2.45, 2.75) is 20.0 Å². The first kappa shape index (κ1) is 16.7. The summed E-state index contributed by atoms with van der Waals surface area (Å²) in [5.74, 6) is -1.36. The van der Waals surface area contributed by atoms with Crippen molar-refractivity contribution in [1.29, 1.82) is 0 Å². The van der Waals surface area contributed by atoms with Gasteiger partial charge < -0.3 is 25.7 Å². The van der Waals surface area contributed by atoms with Crippen molar-refractivity contribution in [2.24, 2.45) is 5.41 Å². The summed E-state index contributed by atoms with van der Waals surface area (Å²) in [7, 11) is 3.90. The number of hydrogen-bond donors (Lipinski definition) is 4. The molecular formula is C11H23N3O4. The molecule has 0 unspecified atom stereocenters. The minimum absolute atomic E-state index is 0.0910. The second kappa shape index (κ2) is 7.17. The molecule has 18 heavy (non-hydrogen) atoms. The van der Waals surface area contributed by atoms with E-state index in [0.29, 0.717) is 6.54 Å². The molecule has 0 aromatic rings. The Morgan fingerprint density at radius 2 is 1.83 bits per heavy atom. The Kier molecular flexibility index (Phi) is 6.64. The lowest BCUT2D eigenvalue weighted by Gasteiger charge is -2.28. The van der Waals surface area contributed by atoms with Crippen LogP contribution in [0, 0.1) is 5.41 Å². The molecule has 0 aliphatic carbocycles. The number of aliphatic carboxylic acids is 1. The summed E-state index contributed by atoms with van der Waals surface area (Å²) in [6, 6.07) is -0.484. The van der Waals surface area contributed by atoms with Gasteiger partial charge in [-0.1, -0.05) is 13.8 Å². The predicted molar refractivity (Wildman–Crippen MR) is 67.4 cm³/mol. The average molecular weight is 261 g/mol. The van der Waals surface area contributed by atoms with Gasteiger partial charge in [-0.25, -0.2) is 9.59 Å². The lowest BCUT2D eigenvalue weighted by molar-refractivity contribution is -0.146. The van der Waals surface area contributed by atoms with Crippen molar-refractivity contribution in [3.05, 3.63) is 0 Å². The van der Waals surface area contributed by atoms with Gasteiger partial charge in [0.15, 0.2) is 6.10 Å². The van der Waals surface area contributed by atoms with Crippen LogP contribution in [0.25, 0.3) is 0 Å². The molecule has 0 fully saturated rings. The molecule has 0 heterocycles. The third-order valence-electron chi connectivity index (χ3n) is 2.21. The summed E-state index contributed by atoms with van der Waals surface area (Å²) in [5.41, 5.74) is -0.0910. The maximum atomic E-state index is 11.4. The number of hydrogen-bond acceptors (Lipinski definition) is 4. The van der Waals surface area contributed by atoms with Gasteiger partial charge in [0.2, 0.25) is 0 Å². The zero-order valence-electron chi connectivity index (χ0n) is 11.4. The Bertz CT molecular complexity index is 292. The summed E-state index contributed by atoms with van der Waals surface area (Å²) >= 11 is 0. The molecule has 7 nitrogen and oxygen atoms in total. The van der Waals surface area contributed by atoms with Crippen LogP contribution in [0.3, 0.4) is 0 Å². The van der Waals surface area contributed by atoms with Crippen LogP contribution in [0.15, 0.2) is 0 Å². The second-order valence-corrected chi connectivity index (χ2v) is 5.32. The summed E-state index contributed by atoms with van der Waals surface area (Å²) in [5, 5.41) is 22.3. The second-order valence-electron chi connectivity index (χ2n) is 5.32. The van der Waals surface area contributed by atoms with Crippen molar-refractivity contribution < 1.29 is 19.8 Å². The quantitative estimate of drug-likeness (QED) is 0.486. The molecule has 106 valence electrons. The summed E-state index contributed by atoms with van der Waals surface area (Å²) < 4.78 is 0. The molecule has 0 rings (SSSR count). The van der Waals surface area contributed by atoms with Gasteiger partial charge in [0, 0.05) is 13.1 Å². The number of urea groups is 1. The largest absolute Gasteiger partial charge is 0.479 e. The van der Waals surface area contributed by atoms with Gasteiger partial charge >= 0.3 is 12.0 Å². The van der Waals surface area contributed by atoms with Crippen molar-refractivity contribution in [3.63, 3.8) is 0 Å². The fourth-order valence-corrected chi connectivity index (χ4v) is 1.57. The van der Waals surface area contributed by atoms with Gasteiger partial charge in [-0.3, -0.25) is 0 Å². The Hall–Kier alpha value is -1.34. The molecule has 0 saturated carbocycles. The number of carbonyl (C=O) groups is 2. The summed E-state index contributed by atoms with van der Waals surface area (Å²) in [6.45, 7) is 4.99. The fraction of sp³-hybridized carbons (Fsp3) is 0.818. The topological polar surface area (TPSA) is 102 Å². The van der Waals surface area contributed by atoms with E-state index in [9.17, 15) is 9.59 Å². The highest BCUT2D eigenvalue weighted by Crippen LogP contribution is 2.13. The molecular weight excluding hydrogens is 238 g/mol. The van der Waals surface area contributed by atoms with Gasteiger partial charge in [-0.2, -0.15) is 0 Å². The first-order chi connectivity index (χ1) is 8.14. The highest BCUT2D eigenvalue weighted by atomic mass is 16.4. The smallest absolute Gasteiger partial charge is 0.334 e. The highest BCUT2D eigenvalue weighted by molar-refractivity contribution is 5.76. The number of carboxylic acid groups (broad SMARTS) is 1. The molecule has 4 N–H and O–H groups in total. The molecule has 1 atom stereocenters. The maximum Gasteiger partial charge on any atom is 0.334 e. The van der Waals surface area contributed by atoms with Crippen LogP contribution in [-0.2, 0) is 4.79 Å². The Morgan fingerprint density at radius 3 is 2.28 bits per heavy atom. The Morgan fingerprint density at radius 1 is 1.28 bits per heavy atom. The third kappa shape index (κ3) is 7.86. The number of aliphatic hydroxyl groups is 1. The van der Waals surface area contributed by atoms with Crippen LogP contribution >= 0.6 is 0 Å². The van der Waals surface area contributed by atoms with Gasteiger partial charge in [-0.15, -0.1) is 0 Å². The van der Waals surface area contributed by atoms with E-state index in [1.165, 1.54) is 0 Å². The van der Waals surface area contributed by atoms with Crippen molar-refractivity contribution in [1.82, 2.24) is 15.5 Å². The van der Waals surface area contributed by atoms with E-state index < -0.39 is 18.1 Å². The lowest BCUT2D eigenvalue weighted by Crippen LogP contribution is -2.46. The van der Waals surface area contributed by atoms with Crippen molar-refractivity contribution in [3.8, 4) is 0 Å². The first-order valence-electron chi connectivity index (χ1n) is 5.71. The molecule has 2 amide bonds. The van der Waals surface area contributed by atoms with E-state index in [1.807, 2.05) is 32.8 Å². The molecule has 0 bridgehead atoms. The van der Waals surface area contributed by atoms with Crippen molar-refractivity contribution in [2.75, 3.05) is 33.7 Å². The molecule has 0 aromatic carbocycles. The van der Waals surface area contributed by atoms with Crippen LogP contribution in [0.4, 0.5) is 4.79 Å². The van der Waals surface area contributed by atoms with Crippen LogP contribution in [-0.4, -0.2) is 66.9 Å². The molecule has 0 aliphatic rings. The maximum absolute atomic E-state index is 11.4. The van der Waals surface area contributed by atoms with E-state index in [0.717, 1.165) is 6.54 Å². The average Bonchev–Trinajstić information content (AvgIpc) is 2.21. The van der Waals surface area contributed by atoms with E-state index in [4.69, 9.17) is 10.2 Å². The highest BCUT2D eigenvalue weighted by Gasteiger charge is 2.20. The van der Waals surface area contributed by atoms with E-state index in [2.05, 4.69) is 10.6 Å². The number of carbonyl (C=O) groups excluding carboxylic acids is 1. The van der Waals surface area contributed by atoms with Gasteiger partial charge in [0.25, 0.3) is 0 Å². The normalized spacial score (nSPS) is 13.2. The monoisotopic (exact) mass is 261 g/mol.